The van der Waals surface area contributed by atoms with Crippen LogP contribution >= 0.6 is 11.6 Å². The molecule has 1 atom stereocenters. The number of benzene rings is 2. The van der Waals surface area contributed by atoms with E-state index in [-0.39, 0.29) is 18.5 Å². The highest BCUT2D eigenvalue weighted by atomic mass is 35.5. The number of para-hydroxylation sites is 1. The van der Waals surface area contributed by atoms with Gasteiger partial charge in [-0.05, 0) is 42.3 Å². The Morgan fingerprint density at radius 3 is 2.72 bits per heavy atom. The minimum Gasteiger partial charge on any atom is -0.462 e. The van der Waals surface area contributed by atoms with Gasteiger partial charge in [0.25, 0.3) is 0 Å². The lowest BCUT2D eigenvalue weighted by Gasteiger charge is -2.36. The smallest absolute Gasteiger partial charge is 0.129 e. The molecule has 0 spiro atoms. The summed E-state index contributed by atoms with van der Waals surface area (Å²) in [5.41, 5.74) is 3.68. The Morgan fingerprint density at radius 1 is 1.10 bits per heavy atom. The van der Waals surface area contributed by atoms with Crippen molar-refractivity contribution in [1.82, 2.24) is 9.88 Å². The number of rotatable bonds is 4. The van der Waals surface area contributed by atoms with Crippen LogP contribution < -0.4 is 0 Å². The Balaban J connectivity index is 1.65. The van der Waals surface area contributed by atoms with Gasteiger partial charge in [-0.1, -0.05) is 35.9 Å². The number of hydrogen-bond acceptors (Lipinski definition) is 3. The Labute approximate surface area is 172 Å². The van der Waals surface area contributed by atoms with E-state index in [1.54, 1.807) is 18.2 Å². The predicted octanol–water partition coefficient (Wildman–Crippen LogP) is 5.19. The van der Waals surface area contributed by atoms with Gasteiger partial charge in [0.05, 0.1) is 12.6 Å². The summed E-state index contributed by atoms with van der Waals surface area (Å²) in [6.07, 6.45) is 0.843. The Morgan fingerprint density at radius 2 is 1.93 bits per heavy atom. The van der Waals surface area contributed by atoms with E-state index in [4.69, 9.17) is 16.0 Å². The van der Waals surface area contributed by atoms with Gasteiger partial charge in [-0.15, -0.1) is 0 Å². The molecule has 0 fully saturated rings. The molecule has 4 aromatic rings. The molecule has 1 aliphatic heterocycles. The maximum absolute atomic E-state index is 15.0. The SMILES string of the molecule is OCc1ccc(CN2CCc3c([nH]c4ccccc34)[C@H]2c2c(F)cccc2Cl)o1. The zero-order valence-corrected chi connectivity index (χ0v) is 16.4. The van der Waals surface area contributed by atoms with Crippen LogP contribution in [0.2, 0.25) is 5.02 Å². The quantitative estimate of drug-likeness (QED) is 0.486. The van der Waals surface area contributed by atoms with Crippen LogP contribution in [-0.2, 0) is 19.6 Å². The second-order valence-electron chi connectivity index (χ2n) is 7.35. The summed E-state index contributed by atoms with van der Waals surface area (Å²) < 4.78 is 20.7. The highest BCUT2D eigenvalue weighted by molar-refractivity contribution is 6.31. The Hall–Kier alpha value is -2.60. The molecule has 0 amide bonds. The highest BCUT2D eigenvalue weighted by Crippen LogP contribution is 2.42. The summed E-state index contributed by atoms with van der Waals surface area (Å²) >= 11 is 6.49. The van der Waals surface area contributed by atoms with E-state index in [0.717, 1.165) is 29.9 Å². The molecule has 0 radical (unpaired) electrons. The van der Waals surface area contributed by atoms with Crippen LogP contribution in [0.3, 0.4) is 0 Å². The number of aliphatic hydroxyl groups is 1. The number of hydrogen-bond donors (Lipinski definition) is 2. The standard InChI is InChI=1S/C23H20ClFN2O2/c24-18-5-3-6-19(25)21(18)23-22-17(16-4-1-2-7-20(16)26-22)10-11-27(23)12-14-8-9-15(13-28)29-14/h1-9,23,26,28H,10-13H2/t23-/m1/s1. The van der Waals surface area contributed by atoms with E-state index in [2.05, 4.69) is 16.0 Å². The van der Waals surface area contributed by atoms with E-state index < -0.39 is 0 Å². The molecule has 0 bridgehead atoms. The predicted molar refractivity (Wildman–Crippen MR) is 110 cm³/mol. The fourth-order valence-corrected chi connectivity index (χ4v) is 4.62. The fourth-order valence-electron chi connectivity index (χ4n) is 4.35. The molecule has 5 rings (SSSR count). The molecule has 0 aliphatic carbocycles. The largest absolute Gasteiger partial charge is 0.462 e. The normalized spacial score (nSPS) is 17.0. The van der Waals surface area contributed by atoms with E-state index >= 15 is 0 Å². The summed E-state index contributed by atoms with van der Waals surface area (Å²) in [6, 6.07) is 16.2. The van der Waals surface area contributed by atoms with Gasteiger partial charge in [-0.2, -0.15) is 0 Å². The average molecular weight is 411 g/mol. The topological polar surface area (TPSA) is 52.4 Å². The summed E-state index contributed by atoms with van der Waals surface area (Å²) in [5.74, 6) is 0.921. The van der Waals surface area contributed by atoms with Gasteiger partial charge in [0.15, 0.2) is 0 Å². The Bertz CT molecular complexity index is 1160. The van der Waals surface area contributed by atoms with Crippen LogP contribution in [0.15, 0.2) is 59.0 Å². The van der Waals surface area contributed by atoms with Crippen LogP contribution in [0.4, 0.5) is 4.39 Å². The minimum atomic E-state index is -0.359. The molecule has 4 nitrogen and oxygen atoms in total. The molecular weight excluding hydrogens is 391 g/mol. The molecule has 6 heteroatoms. The number of aromatic nitrogens is 1. The molecule has 0 saturated heterocycles. The van der Waals surface area contributed by atoms with E-state index in [0.29, 0.717) is 22.9 Å². The van der Waals surface area contributed by atoms with E-state index in [1.165, 1.54) is 17.0 Å². The lowest BCUT2D eigenvalue weighted by atomic mass is 9.92. The third kappa shape index (κ3) is 3.15. The first-order valence-corrected chi connectivity index (χ1v) is 9.99. The number of aliphatic hydroxyl groups excluding tert-OH is 1. The maximum Gasteiger partial charge on any atom is 0.129 e. The van der Waals surface area contributed by atoms with E-state index in [1.807, 2.05) is 24.3 Å². The van der Waals surface area contributed by atoms with Crippen molar-refractivity contribution < 1.29 is 13.9 Å². The van der Waals surface area contributed by atoms with Gasteiger partial charge in [-0.3, -0.25) is 4.90 Å². The molecular formula is C23H20ClFN2O2. The third-order valence-corrected chi connectivity index (χ3v) is 5.97. The molecule has 29 heavy (non-hydrogen) atoms. The molecule has 148 valence electrons. The van der Waals surface area contributed by atoms with Crippen LogP contribution in [0.5, 0.6) is 0 Å². The summed E-state index contributed by atoms with van der Waals surface area (Å²) in [4.78, 5) is 5.68. The molecule has 1 aliphatic rings. The van der Waals surface area contributed by atoms with E-state index in [9.17, 15) is 9.50 Å². The van der Waals surface area contributed by atoms with Crippen molar-refractivity contribution in [3.8, 4) is 0 Å². The first kappa shape index (κ1) is 18.4. The van der Waals surface area contributed by atoms with Crippen molar-refractivity contribution >= 4 is 22.5 Å². The lowest BCUT2D eigenvalue weighted by Crippen LogP contribution is -2.36. The van der Waals surface area contributed by atoms with Crippen LogP contribution in [0.25, 0.3) is 10.9 Å². The van der Waals surface area contributed by atoms with Gasteiger partial charge in [-0.25, -0.2) is 4.39 Å². The van der Waals surface area contributed by atoms with Crippen molar-refractivity contribution in [1.29, 1.82) is 0 Å². The zero-order chi connectivity index (χ0) is 20.0. The number of aromatic amines is 1. The third-order valence-electron chi connectivity index (χ3n) is 5.64. The molecule has 3 heterocycles. The summed E-state index contributed by atoms with van der Waals surface area (Å²) in [5, 5.41) is 10.9. The first-order chi connectivity index (χ1) is 14.2. The lowest BCUT2D eigenvalue weighted by molar-refractivity contribution is 0.177. The number of halogens is 2. The molecule has 2 aromatic carbocycles. The fraction of sp³-hybridized carbons (Fsp3) is 0.217. The van der Waals surface area contributed by atoms with Crippen molar-refractivity contribution in [2.45, 2.75) is 25.6 Å². The van der Waals surface area contributed by atoms with Crippen LogP contribution in [-0.4, -0.2) is 21.5 Å². The van der Waals surface area contributed by atoms with Crippen molar-refractivity contribution in [3.63, 3.8) is 0 Å². The van der Waals surface area contributed by atoms with Crippen molar-refractivity contribution in [3.05, 3.63) is 93.8 Å². The van der Waals surface area contributed by atoms with Gasteiger partial charge in [0, 0.05) is 33.7 Å². The average Bonchev–Trinajstić information content (AvgIpc) is 3.33. The van der Waals surface area contributed by atoms with Gasteiger partial charge < -0.3 is 14.5 Å². The number of H-pyrrole nitrogens is 1. The zero-order valence-electron chi connectivity index (χ0n) is 15.7. The second kappa shape index (κ2) is 7.34. The highest BCUT2D eigenvalue weighted by Gasteiger charge is 2.35. The Kier molecular flexibility index (Phi) is 4.66. The van der Waals surface area contributed by atoms with Crippen molar-refractivity contribution in [2.24, 2.45) is 0 Å². The number of nitrogens with one attached hydrogen (secondary N) is 1. The van der Waals surface area contributed by atoms with Crippen LogP contribution in [0, 0.1) is 5.82 Å². The van der Waals surface area contributed by atoms with Crippen LogP contribution in [0.1, 0.15) is 34.4 Å². The van der Waals surface area contributed by atoms with Gasteiger partial charge >= 0.3 is 0 Å². The molecule has 2 N–H and O–H groups in total. The van der Waals surface area contributed by atoms with Gasteiger partial charge in [0.1, 0.15) is 23.9 Å². The minimum absolute atomic E-state index is 0.144. The van der Waals surface area contributed by atoms with Crippen molar-refractivity contribution in [2.75, 3.05) is 6.54 Å². The number of furan rings is 1. The maximum atomic E-state index is 15.0. The summed E-state index contributed by atoms with van der Waals surface area (Å²) in [6.45, 7) is 1.08. The van der Waals surface area contributed by atoms with Gasteiger partial charge in [0.2, 0.25) is 0 Å². The monoisotopic (exact) mass is 410 g/mol. The first-order valence-electron chi connectivity index (χ1n) is 9.61. The molecule has 0 unspecified atom stereocenters. The molecule has 2 aromatic heterocycles. The summed E-state index contributed by atoms with van der Waals surface area (Å²) in [7, 11) is 0. The number of fused-ring (bicyclic) bond motifs is 3. The second-order valence-corrected chi connectivity index (χ2v) is 7.75. The molecule has 0 saturated carbocycles. The number of nitrogens with zero attached hydrogens (tertiary/aromatic N) is 1.